The number of azo groups is 1. The molecule has 0 aliphatic heterocycles. The van der Waals surface area contributed by atoms with Gasteiger partial charge in [0.05, 0.1) is 5.69 Å². The molecule has 3 aromatic rings. The van der Waals surface area contributed by atoms with Crippen LogP contribution in [0.2, 0.25) is 0 Å². The van der Waals surface area contributed by atoms with Gasteiger partial charge in [0.1, 0.15) is 10.6 Å². The third-order valence-corrected chi connectivity index (χ3v) is 4.40. The molecule has 2 N–H and O–H groups in total. The Labute approximate surface area is 138 Å². The van der Waals surface area contributed by atoms with Crippen LogP contribution in [-0.4, -0.2) is 18.1 Å². The Kier molecular flexibility index (Phi) is 4.04. The normalized spacial score (nSPS) is 12.1. The lowest BCUT2D eigenvalue weighted by Gasteiger charge is -2.08. The Balaban J connectivity index is 2.20. The highest BCUT2D eigenvalue weighted by molar-refractivity contribution is 7.86. The van der Waals surface area contributed by atoms with Gasteiger partial charge in [-0.1, -0.05) is 36.4 Å². The zero-order valence-electron chi connectivity index (χ0n) is 12.7. The number of fused-ring (bicyclic) bond motifs is 1. The van der Waals surface area contributed by atoms with Gasteiger partial charge in [-0.15, -0.1) is 5.11 Å². The first-order valence-corrected chi connectivity index (χ1v) is 8.51. The highest BCUT2D eigenvalue weighted by Crippen LogP contribution is 2.39. The highest BCUT2D eigenvalue weighted by atomic mass is 32.2. The molecule has 122 valence electrons. The molecule has 0 saturated carbocycles. The van der Waals surface area contributed by atoms with Gasteiger partial charge in [0.25, 0.3) is 10.1 Å². The Morgan fingerprint density at radius 1 is 0.917 bits per heavy atom. The molecule has 7 heteroatoms. The lowest BCUT2D eigenvalue weighted by Crippen LogP contribution is -1.99. The van der Waals surface area contributed by atoms with Gasteiger partial charge in [0, 0.05) is 10.8 Å². The molecular formula is C17H14N2O4S. The highest BCUT2D eigenvalue weighted by Gasteiger charge is 2.19. The van der Waals surface area contributed by atoms with Crippen molar-refractivity contribution in [3.63, 3.8) is 0 Å². The van der Waals surface area contributed by atoms with Crippen molar-refractivity contribution in [1.29, 1.82) is 0 Å². The molecule has 6 nitrogen and oxygen atoms in total. The van der Waals surface area contributed by atoms with Crippen LogP contribution in [0.5, 0.6) is 5.75 Å². The number of aromatic hydroxyl groups is 1. The topological polar surface area (TPSA) is 99.3 Å². The minimum Gasteiger partial charge on any atom is -0.505 e. The Morgan fingerprint density at radius 3 is 2.29 bits per heavy atom. The zero-order chi connectivity index (χ0) is 17.3. The average Bonchev–Trinajstić information content (AvgIpc) is 2.53. The summed E-state index contributed by atoms with van der Waals surface area (Å²) in [6, 6.07) is 14.7. The molecule has 0 bridgehead atoms. The Hall–Kier alpha value is -2.77. The number of rotatable bonds is 3. The molecule has 0 radical (unpaired) electrons. The summed E-state index contributed by atoms with van der Waals surface area (Å²) >= 11 is 0. The van der Waals surface area contributed by atoms with E-state index in [1.807, 2.05) is 19.1 Å². The van der Waals surface area contributed by atoms with E-state index in [9.17, 15) is 18.1 Å². The monoisotopic (exact) mass is 342 g/mol. The van der Waals surface area contributed by atoms with Gasteiger partial charge >= 0.3 is 0 Å². The molecule has 3 aromatic carbocycles. The van der Waals surface area contributed by atoms with Gasteiger partial charge < -0.3 is 5.11 Å². The van der Waals surface area contributed by atoms with Gasteiger partial charge in [-0.25, -0.2) is 0 Å². The molecule has 0 fully saturated rings. The summed E-state index contributed by atoms with van der Waals surface area (Å²) in [6.07, 6.45) is 0. The third-order valence-electron chi connectivity index (χ3n) is 3.51. The van der Waals surface area contributed by atoms with Gasteiger partial charge in [0.2, 0.25) is 0 Å². The van der Waals surface area contributed by atoms with E-state index in [0.717, 1.165) is 11.6 Å². The second-order valence-electron chi connectivity index (χ2n) is 5.30. The molecule has 0 unspecified atom stereocenters. The summed E-state index contributed by atoms with van der Waals surface area (Å²) in [5.41, 5.74) is 1.52. The lowest BCUT2D eigenvalue weighted by atomic mass is 10.1. The van der Waals surface area contributed by atoms with Crippen molar-refractivity contribution in [1.82, 2.24) is 0 Å². The largest absolute Gasteiger partial charge is 0.505 e. The maximum Gasteiger partial charge on any atom is 0.295 e. The van der Waals surface area contributed by atoms with Gasteiger partial charge in [-0.3, -0.25) is 4.55 Å². The predicted molar refractivity (Wildman–Crippen MR) is 90.8 cm³/mol. The molecule has 0 atom stereocenters. The zero-order valence-corrected chi connectivity index (χ0v) is 13.5. The quantitative estimate of drug-likeness (QED) is 0.540. The number of aryl methyl sites for hydroxylation is 1. The van der Waals surface area contributed by atoms with Crippen molar-refractivity contribution >= 4 is 32.3 Å². The molecule has 0 aliphatic rings. The first kappa shape index (κ1) is 16.1. The van der Waals surface area contributed by atoms with E-state index in [1.54, 1.807) is 30.3 Å². The molecule has 3 rings (SSSR count). The number of phenolic OH excluding ortho intramolecular Hbond substituents is 1. The van der Waals surface area contributed by atoms with Crippen molar-refractivity contribution in [3.8, 4) is 5.75 Å². The smallest absolute Gasteiger partial charge is 0.295 e. The molecular weight excluding hydrogens is 328 g/mol. The Morgan fingerprint density at radius 2 is 1.62 bits per heavy atom. The van der Waals surface area contributed by atoms with E-state index in [-0.39, 0.29) is 27.1 Å². The fraction of sp³-hybridized carbons (Fsp3) is 0.0588. The summed E-state index contributed by atoms with van der Waals surface area (Å²) in [5.74, 6) is -0.200. The standard InChI is InChI=1S/C17H14N2O4S/c1-11-5-4-6-12(9-11)18-19-15-10-16(24(21,22)23)13-7-2-3-8-14(13)17(15)20/h2-10,20H,1H3,(H,21,22,23)/b19-18+. The maximum absolute atomic E-state index is 11.6. The first-order valence-electron chi connectivity index (χ1n) is 7.07. The maximum atomic E-state index is 11.6. The van der Waals surface area contributed by atoms with Gasteiger partial charge in [-0.05, 0) is 30.7 Å². The van der Waals surface area contributed by atoms with E-state index >= 15 is 0 Å². The molecule has 0 spiro atoms. The van der Waals surface area contributed by atoms with Crippen LogP contribution in [0.15, 0.2) is 69.7 Å². The van der Waals surface area contributed by atoms with Crippen molar-refractivity contribution in [2.75, 3.05) is 0 Å². The minimum atomic E-state index is -4.47. The third kappa shape index (κ3) is 3.12. The fourth-order valence-electron chi connectivity index (χ4n) is 2.40. The molecule has 24 heavy (non-hydrogen) atoms. The van der Waals surface area contributed by atoms with Gasteiger partial charge in [-0.2, -0.15) is 13.5 Å². The SMILES string of the molecule is Cc1cccc(/N=N/c2cc(S(=O)(=O)O)c3ccccc3c2O)c1. The van der Waals surface area contributed by atoms with Crippen molar-refractivity contribution < 1.29 is 18.1 Å². The average molecular weight is 342 g/mol. The van der Waals surface area contributed by atoms with Crippen LogP contribution in [0.25, 0.3) is 10.8 Å². The number of phenols is 1. The van der Waals surface area contributed by atoms with Crippen molar-refractivity contribution in [2.45, 2.75) is 11.8 Å². The second-order valence-corrected chi connectivity index (χ2v) is 6.69. The van der Waals surface area contributed by atoms with Crippen molar-refractivity contribution in [3.05, 3.63) is 60.2 Å². The summed E-state index contributed by atoms with van der Waals surface area (Å²) in [4.78, 5) is -0.325. The van der Waals surface area contributed by atoms with E-state index in [4.69, 9.17) is 0 Å². The molecule has 0 aromatic heterocycles. The van der Waals surface area contributed by atoms with Gasteiger partial charge in [0.15, 0.2) is 5.75 Å². The minimum absolute atomic E-state index is 0.0390. The van der Waals surface area contributed by atoms with Crippen LogP contribution in [0.4, 0.5) is 11.4 Å². The second kappa shape index (κ2) is 6.03. The summed E-state index contributed by atoms with van der Waals surface area (Å²) in [5, 5.41) is 18.8. The predicted octanol–water partition coefficient (Wildman–Crippen LogP) is 4.52. The first-order chi connectivity index (χ1) is 11.4. The van der Waals surface area contributed by atoms with E-state index in [0.29, 0.717) is 5.69 Å². The fourth-order valence-corrected chi connectivity index (χ4v) is 3.12. The molecule has 0 amide bonds. The molecule has 0 saturated heterocycles. The van der Waals surface area contributed by atoms with E-state index < -0.39 is 10.1 Å². The van der Waals surface area contributed by atoms with Crippen LogP contribution in [-0.2, 0) is 10.1 Å². The van der Waals surface area contributed by atoms with E-state index in [1.165, 1.54) is 6.07 Å². The van der Waals surface area contributed by atoms with Crippen molar-refractivity contribution in [2.24, 2.45) is 10.2 Å². The van der Waals surface area contributed by atoms with Crippen LogP contribution in [0.1, 0.15) is 5.56 Å². The lowest BCUT2D eigenvalue weighted by molar-refractivity contribution is 0.480. The molecule has 0 aliphatic carbocycles. The van der Waals surface area contributed by atoms with Crippen LogP contribution in [0.3, 0.4) is 0 Å². The van der Waals surface area contributed by atoms with Crippen LogP contribution < -0.4 is 0 Å². The number of hydrogen-bond acceptors (Lipinski definition) is 5. The van der Waals surface area contributed by atoms with Crippen LogP contribution >= 0.6 is 0 Å². The van der Waals surface area contributed by atoms with Crippen LogP contribution in [0, 0.1) is 6.92 Å². The number of hydrogen-bond donors (Lipinski definition) is 2. The number of benzene rings is 3. The summed E-state index contributed by atoms with van der Waals surface area (Å²) in [7, 11) is -4.47. The summed E-state index contributed by atoms with van der Waals surface area (Å²) in [6.45, 7) is 1.91. The van der Waals surface area contributed by atoms with E-state index in [2.05, 4.69) is 10.2 Å². The summed E-state index contributed by atoms with van der Waals surface area (Å²) < 4.78 is 32.7. The molecule has 0 heterocycles. The Bertz CT molecular complexity index is 1060. The number of nitrogens with zero attached hydrogens (tertiary/aromatic N) is 2.